The lowest BCUT2D eigenvalue weighted by Gasteiger charge is -2.10. The van der Waals surface area contributed by atoms with Crippen LogP contribution in [0.1, 0.15) is 0 Å². The van der Waals surface area contributed by atoms with Gasteiger partial charge in [-0.2, -0.15) is 0 Å². The molecule has 6 nitrogen and oxygen atoms in total. The Morgan fingerprint density at radius 2 is 0.833 bits per heavy atom. The quantitative estimate of drug-likeness (QED) is 0.226. The first kappa shape index (κ1) is 25.4. The van der Waals surface area contributed by atoms with Crippen LogP contribution in [0.2, 0.25) is 0 Å². The van der Waals surface area contributed by atoms with Crippen LogP contribution >= 0.6 is 0 Å². The maximum atomic E-state index is 12.4. The number of aromatic nitrogens is 5. The minimum Gasteiger partial charge on any atom is -0.295 e. The van der Waals surface area contributed by atoms with E-state index >= 15 is 0 Å². The number of imidazole rings is 1. The normalized spacial score (nSPS) is 11.2. The summed E-state index contributed by atoms with van der Waals surface area (Å²) < 4.78 is 3.36. The zero-order valence-corrected chi connectivity index (χ0v) is 23.3. The Morgan fingerprint density at radius 3 is 1.40 bits per heavy atom. The van der Waals surface area contributed by atoms with E-state index in [4.69, 9.17) is 15.0 Å². The van der Waals surface area contributed by atoms with Crippen LogP contribution in [0.4, 0.5) is 0 Å². The summed E-state index contributed by atoms with van der Waals surface area (Å²) in [4.78, 5) is 26.9. The van der Waals surface area contributed by atoms with Gasteiger partial charge in [0, 0.05) is 30.8 Å². The van der Waals surface area contributed by atoms with Gasteiger partial charge >= 0.3 is 5.69 Å². The highest BCUT2D eigenvalue weighted by Gasteiger charge is 2.13. The van der Waals surface area contributed by atoms with E-state index < -0.39 is 0 Å². The fraction of sp³-hybridized carbons (Fsp3) is 0.0556. The molecule has 2 heterocycles. The standard InChI is InChI=1S/C36H27N5O/c1-40-31-21-20-29(23-32(31)41(2)36(40)42)25-18-16-24(17-19-25)28-14-9-15-30(22-28)35-38-33(26-10-5-3-6-11-26)37-34(39-35)27-12-7-4-8-13-27/h3-23H,1-2H3. The molecule has 0 saturated heterocycles. The van der Waals surface area contributed by atoms with Crippen molar-refractivity contribution in [3.05, 3.63) is 138 Å². The molecule has 0 unspecified atom stereocenters. The zero-order chi connectivity index (χ0) is 28.6. The fourth-order valence-electron chi connectivity index (χ4n) is 5.32. The number of aryl methyl sites for hydroxylation is 2. The number of fused-ring (bicyclic) bond motifs is 1. The molecular weight excluding hydrogens is 518 g/mol. The van der Waals surface area contributed by atoms with Crippen molar-refractivity contribution in [3.63, 3.8) is 0 Å². The molecule has 42 heavy (non-hydrogen) atoms. The van der Waals surface area contributed by atoms with E-state index in [0.717, 1.165) is 50.0 Å². The Hall–Kier alpha value is -5.62. The van der Waals surface area contributed by atoms with Crippen LogP contribution < -0.4 is 5.69 Å². The van der Waals surface area contributed by atoms with Gasteiger partial charge in [-0.05, 0) is 40.5 Å². The van der Waals surface area contributed by atoms with Crippen LogP contribution in [0.25, 0.3) is 67.5 Å². The smallest absolute Gasteiger partial charge is 0.295 e. The fourth-order valence-corrected chi connectivity index (χ4v) is 5.32. The third-order valence-corrected chi connectivity index (χ3v) is 7.64. The van der Waals surface area contributed by atoms with E-state index in [1.807, 2.05) is 85.9 Å². The molecule has 202 valence electrons. The van der Waals surface area contributed by atoms with E-state index in [0.29, 0.717) is 17.5 Å². The second-order valence-corrected chi connectivity index (χ2v) is 10.3. The molecule has 0 aliphatic carbocycles. The first-order chi connectivity index (χ1) is 20.5. The van der Waals surface area contributed by atoms with Gasteiger partial charge in [-0.25, -0.2) is 19.7 Å². The maximum absolute atomic E-state index is 12.4. The highest BCUT2D eigenvalue weighted by Crippen LogP contribution is 2.30. The summed E-state index contributed by atoms with van der Waals surface area (Å²) in [5.74, 6) is 1.91. The summed E-state index contributed by atoms with van der Waals surface area (Å²) in [5.41, 5.74) is 8.94. The summed E-state index contributed by atoms with van der Waals surface area (Å²) in [5, 5.41) is 0. The van der Waals surface area contributed by atoms with Gasteiger partial charge in [0.1, 0.15) is 0 Å². The third-order valence-electron chi connectivity index (χ3n) is 7.64. The van der Waals surface area contributed by atoms with Gasteiger partial charge in [-0.15, -0.1) is 0 Å². The summed E-state index contributed by atoms with van der Waals surface area (Å²) in [6, 6.07) is 42.9. The van der Waals surface area contributed by atoms with Gasteiger partial charge in [0.05, 0.1) is 11.0 Å². The molecule has 0 bridgehead atoms. The Labute approximate surface area is 243 Å². The Kier molecular flexibility index (Phi) is 6.28. The van der Waals surface area contributed by atoms with Crippen molar-refractivity contribution >= 4 is 11.0 Å². The molecule has 0 fully saturated rings. The zero-order valence-electron chi connectivity index (χ0n) is 23.3. The van der Waals surface area contributed by atoms with Gasteiger partial charge in [0.15, 0.2) is 17.5 Å². The number of rotatable bonds is 5. The van der Waals surface area contributed by atoms with Crippen LogP contribution in [0, 0.1) is 0 Å². The van der Waals surface area contributed by atoms with E-state index in [1.165, 1.54) is 0 Å². The first-order valence-electron chi connectivity index (χ1n) is 13.8. The lowest BCUT2D eigenvalue weighted by Crippen LogP contribution is -2.19. The summed E-state index contributed by atoms with van der Waals surface area (Å²) in [6.45, 7) is 0. The molecule has 7 rings (SSSR count). The van der Waals surface area contributed by atoms with Crippen LogP contribution in [-0.2, 0) is 14.1 Å². The number of hydrogen-bond acceptors (Lipinski definition) is 4. The van der Waals surface area contributed by atoms with Crippen molar-refractivity contribution in [1.82, 2.24) is 24.1 Å². The second-order valence-electron chi connectivity index (χ2n) is 10.3. The largest absolute Gasteiger partial charge is 0.328 e. The summed E-state index contributed by atoms with van der Waals surface area (Å²) in [7, 11) is 3.61. The van der Waals surface area contributed by atoms with Crippen LogP contribution in [-0.4, -0.2) is 24.1 Å². The molecule has 7 aromatic rings. The third kappa shape index (κ3) is 4.59. The van der Waals surface area contributed by atoms with Crippen molar-refractivity contribution in [2.24, 2.45) is 14.1 Å². The van der Waals surface area contributed by atoms with E-state index in [1.54, 1.807) is 16.2 Å². The van der Waals surface area contributed by atoms with Crippen molar-refractivity contribution in [2.45, 2.75) is 0 Å². The molecule has 0 radical (unpaired) electrons. The van der Waals surface area contributed by atoms with Crippen molar-refractivity contribution in [1.29, 1.82) is 0 Å². The molecule has 2 aromatic heterocycles. The molecule has 0 saturated carbocycles. The molecule has 0 spiro atoms. The Balaban J connectivity index is 1.25. The van der Waals surface area contributed by atoms with Gasteiger partial charge in [-0.3, -0.25) is 9.13 Å². The van der Waals surface area contributed by atoms with Gasteiger partial charge in [-0.1, -0.05) is 109 Å². The van der Waals surface area contributed by atoms with Gasteiger partial charge < -0.3 is 0 Å². The van der Waals surface area contributed by atoms with Gasteiger partial charge in [0.2, 0.25) is 0 Å². The monoisotopic (exact) mass is 545 g/mol. The minimum atomic E-state index is -0.0256. The number of hydrogen-bond donors (Lipinski definition) is 0. The molecule has 5 aromatic carbocycles. The Morgan fingerprint density at radius 1 is 0.405 bits per heavy atom. The van der Waals surface area contributed by atoms with E-state index in [9.17, 15) is 4.79 Å². The minimum absolute atomic E-state index is 0.0256. The molecule has 0 aliphatic heterocycles. The summed E-state index contributed by atoms with van der Waals surface area (Å²) in [6.07, 6.45) is 0. The maximum Gasteiger partial charge on any atom is 0.328 e. The first-order valence-corrected chi connectivity index (χ1v) is 13.8. The Bertz CT molecular complexity index is 2050. The molecule has 0 aliphatic rings. The molecule has 0 atom stereocenters. The van der Waals surface area contributed by atoms with E-state index in [-0.39, 0.29) is 5.69 Å². The average molecular weight is 546 g/mol. The summed E-state index contributed by atoms with van der Waals surface area (Å²) >= 11 is 0. The second kappa shape index (κ2) is 10.4. The number of benzene rings is 5. The van der Waals surface area contributed by atoms with Crippen molar-refractivity contribution in [3.8, 4) is 56.4 Å². The van der Waals surface area contributed by atoms with Gasteiger partial charge in [0.25, 0.3) is 0 Å². The average Bonchev–Trinajstić information content (AvgIpc) is 3.28. The van der Waals surface area contributed by atoms with Crippen molar-refractivity contribution < 1.29 is 0 Å². The molecule has 0 N–H and O–H groups in total. The predicted octanol–water partition coefficient (Wildman–Crippen LogP) is 7.40. The number of nitrogens with zero attached hydrogens (tertiary/aromatic N) is 5. The van der Waals surface area contributed by atoms with E-state index in [2.05, 4.69) is 48.5 Å². The molecule has 0 amide bonds. The van der Waals surface area contributed by atoms with Crippen molar-refractivity contribution in [2.75, 3.05) is 0 Å². The topological polar surface area (TPSA) is 65.6 Å². The lowest BCUT2D eigenvalue weighted by atomic mass is 9.98. The molecular formula is C36H27N5O. The lowest BCUT2D eigenvalue weighted by molar-refractivity contribution is 0.795. The highest BCUT2D eigenvalue weighted by molar-refractivity contribution is 5.83. The molecule has 6 heteroatoms. The predicted molar refractivity (Wildman–Crippen MR) is 169 cm³/mol. The highest BCUT2D eigenvalue weighted by atomic mass is 16.1. The van der Waals surface area contributed by atoms with Crippen LogP contribution in [0.5, 0.6) is 0 Å². The SMILES string of the molecule is Cn1c(=O)n(C)c2cc(-c3ccc(-c4cccc(-c5nc(-c6ccccc6)nc(-c6ccccc6)n5)c4)cc3)ccc21. The van der Waals surface area contributed by atoms with Crippen LogP contribution in [0.15, 0.2) is 132 Å². The van der Waals surface area contributed by atoms with Crippen LogP contribution in [0.3, 0.4) is 0 Å².